The minimum absolute atomic E-state index is 0.0888. The number of nitrogens with one attached hydrogen (secondary N) is 1. The average molecular weight is 307 g/mol. The molecule has 0 saturated heterocycles. The summed E-state index contributed by atoms with van der Waals surface area (Å²) in [6.07, 6.45) is 0. The third-order valence-corrected chi connectivity index (χ3v) is 4.30. The second kappa shape index (κ2) is 8.09. The molecule has 1 unspecified atom stereocenters. The van der Waals surface area contributed by atoms with Crippen LogP contribution < -0.4 is 5.32 Å². The van der Waals surface area contributed by atoms with Gasteiger partial charge < -0.3 is 5.32 Å². The van der Waals surface area contributed by atoms with Crippen LogP contribution in [-0.2, 0) is 4.79 Å². The van der Waals surface area contributed by atoms with E-state index in [0.29, 0.717) is 24.5 Å². The van der Waals surface area contributed by atoms with Crippen LogP contribution in [0.25, 0.3) is 0 Å². The summed E-state index contributed by atoms with van der Waals surface area (Å²) in [6, 6.07) is 1.02. The van der Waals surface area contributed by atoms with Crippen molar-refractivity contribution >= 4 is 21.8 Å². The number of hydrogen-bond donors (Lipinski definition) is 1. The number of rotatable bonds is 7. The van der Waals surface area contributed by atoms with Crippen molar-refractivity contribution < 1.29 is 4.79 Å². The van der Waals surface area contributed by atoms with Crippen molar-refractivity contribution in [1.82, 2.24) is 10.2 Å². The third-order valence-electron chi connectivity index (χ3n) is 2.83. The SMILES string of the molecule is CC(C)C(Br)C(=O)NCCN(C(C)C)C(C)C. The molecule has 0 aliphatic rings. The highest BCUT2D eigenvalue weighted by atomic mass is 79.9. The van der Waals surface area contributed by atoms with Crippen LogP contribution in [0.2, 0.25) is 0 Å². The highest BCUT2D eigenvalue weighted by Gasteiger charge is 2.19. The molecule has 0 heterocycles. The first-order valence-corrected chi connectivity index (χ1v) is 7.36. The number of carbonyl (C=O) groups is 1. The van der Waals surface area contributed by atoms with Gasteiger partial charge in [0.2, 0.25) is 5.91 Å². The maximum absolute atomic E-state index is 11.7. The quantitative estimate of drug-likeness (QED) is 0.733. The van der Waals surface area contributed by atoms with Crippen LogP contribution in [0.5, 0.6) is 0 Å². The van der Waals surface area contributed by atoms with Crippen molar-refractivity contribution in [2.24, 2.45) is 5.92 Å². The molecule has 17 heavy (non-hydrogen) atoms. The van der Waals surface area contributed by atoms with Gasteiger partial charge >= 0.3 is 0 Å². The van der Waals surface area contributed by atoms with Crippen molar-refractivity contribution in [1.29, 1.82) is 0 Å². The Bertz CT molecular complexity index is 221. The molecule has 0 bridgehead atoms. The second-order valence-corrected chi connectivity index (χ2v) is 6.35. The van der Waals surface area contributed by atoms with Crippen LogP contribution in [0.3, 0.4) is 0 Å². The Labute approximate surface area is 114 Å². The minimum Gasteiger partial charge on any atom is -0.354 e. The van der Waals surface area contributed by atoms with Gasteiger partial charge in [-0.1, -0.05) is 29.8 Å². The lowest BCUT2D eigenvalue weighted by molar-refractivity contribution is -0.121. The van der Waals surface area contributed by atoms with Crippen molar-refractivity contribution in [3.63, 3.8) is 0 Å². The van der Waals surface area contributed by atoms with E-state index >= 15 is 0 Å². The molecule has 0 saturated carbocycles. The fourth-order valence-corrected chi connectivity index (χ4v) is 1.98. The first-order chi connectivity index (χ1) is 7.77. The zero-order chi connectivity index (χ0) is 13.6. The van der Waals surface area contributed by atoms with Gasteiger partial charge in [0.25, 0.3) is 0 Å². The first kappa shape index (κ1) is 16.9. The largest absolute Gasteiger partial charge is 0.354 e. The van der Waals surface area contributed by atoms with Gasteiger partial charge in [0, 0.05) is 25.2 Å². The zero-order valence-corrected chi connectivity index (χ0v) is 13.5. The molecule has 0 spiro atoms. The smallest absolute Gasteiger partial charge is 0.234 e. The van der Waals surface area contributed by atoms with Gasteiger partial charge in [-0.3, -0.25) is 9.69 Å². The molecule has 0 aliphatic carbocycles. The third kappa shape index (κ3) is 6.41. The van der Waals surface area contributed by atoms with Gasteiger partial charge in [-0.2, -0.15) is 0 Å². The van der Waals surface area contributed by atoms with E-state index in [9.17, 15) is 4.79 Å². The summed E-state index contributed by atoms with van der Waals surface area (Å²) < 4.78 is 0. The molecule has 0 aromatic rings. The van der Waals surface area contributed by atoms with Gasteiger partial charge in [0.15, 0.2) is 0 Å². The number of nitrogens with zero attached hydrogens (tertiary/aromatic N) is 1. The van der Waals surface area contributed by atoms with E-state index in [2.05, 4.69) is 53.8 Å². The summed E-state index contributed by atoms with van der Waals surface area (Å²) in [5.41, 5.74) is 0. The molecule has 1 atom stereocenters. The van der Waals surface area contributed by atoms with Crippen LogP contribution in [0.15, 0.2) is 0 Å². The lowest BCUT2D eigenvalue weighted by Crippen LogP contribution is -2.44. The Hall–Kier alpha value is -0.0900. The first-order valence-electron chi connectivity index (χ1n) is 6.44. The van der Waals surface area contributed by atoms with Crippen molar-refractivity contribution in [3.8, 4) is 0 Å². The zero-order valence-electron chi connectivity index (χ0n) is 12.0. The molecule has 0 aromatic heterocycles. The molecule has 0 rings (SSSR count). The van der Waals surface area contributed by atoms with Crippen LogP contribution in [0.1, 0.15) is 41.5 Å². The van der Waals surface area contributed by atoms with E-state index in [4.69, 9.17) is 0 Å². The fourth-order valence-electron chi connectivity index (χ4n) is 1.82. The van der Waals surface area contributed by atoms with Gasteiger partial charge in [-0.25, -0.2) is 0 Å². The lowest BCUT2D eigenvalue weighted by Gasteiger charge is -2.30. The summed E-state index contributed by atoms with van der Waals surface area (Å²) in [5.74, 6) is 0.411. The maximum Gasteiger partial charge on any atom is 0.234 e. The second-order valence-electron chi connectivity index (χ2n) is 5.36. The standard InChI is InChI=1S/C13H27BrN2O/c1-9(2)12(14)13(17)15-7-8-16(10(3)4)11(5)6/h9-12H,7-8H2,1-6H3,(H,15,17). The van der Waals surface area contributed by atoms with Crippen molar-refractivity contribution in [2.75, 3.05) is 13.1 Å². The molecule has 3 nitrogen and oxygen atoms in total. The van der Waals surface area contributed by atoms with Crippen LogP contribution in [0.4, 0.5) is 0 Å². The van der Waals surface area contributed by atoms with E-state index in [1.807, 2.05) is 13.8 Å². The highest BCUT2D eigenvalue weighted by Crippen LogP contribution is 2.11. The average Bonchev–Trinajstić information content (AvgIpc) is 2.21. The monoisotopic (exact) mass is 306 g/mol. The molecule has 0 radical (unpaired) electrons. The molecule has 1 amide bonds. The van der Waals surface area contributed by atoms with E-state index in [-0.39, 0.29) is 10.7 Å². The number of alkyl halides is 1. The fraction of sp³-hybridized carbons (Fsp3) is 0.923. The predicted octanol–water partition coefficient (Wildman–Crippen LogP) is 2.64. The molecule has 0 fully saturated rings. The Balaban J connectivity index is 4.01. The molecule has 1 N–H and O–H groups in total. The van der Waals surface area contributed by atoms with Gasteiger partial charge in [-0.05, 0) is 33.6 Å². The number of carbonyl (C=O) groups excluding carboxylic acids is 1. The highest BCUT2D eigenvalue weighted by molar-refractivity contribution is 9.10. The predicted molar refractivity (Wildman–Crippen MR) is 77.5 cm³/mol. The van der Waals surface area contributed by atoms with Crippen LogP contribution in [0, 0.1) is 5.92 Å². The van der Waals surface area contributed by atoms with Crippen LogP contribution >= 0.6 is 15.9 Å². The van der Waals surface area contributed by atoms with E-state index in [0.717, 1.165) is 6.54 Å². The van der Waals surface area contributed by atoms with Crippen LogP contribution in [-0.4, -0.2) is 40.8 Å². The molecule has 4 heteroatoms. The number of hydrogen-bond acceptors (Lipinski definition) is 2. The summed E-state index contributed by atoms with van der Waals surface area (Å²) in [4.78, 5) is 14.0. The summed E-state index contributed by atoms with van der Waals surface area (Å²) in [6.45, 7) is 14.4. The van der Waals surface area contributed by atoms with E-state index < -0.39 is 0 Å². The normalized spacial score (nSPS) is 13.8. The van der Waals surface area contributed by atoms with E-state index in [1.54, 1.807) is 0 Å². The van der Waals surface area contributed by atoms with Crippen molar-refractivity contribution in [3.05, 3.63) is 0 Å². The number of amides is 1. The Kier molecular flexibility index (Phi) is 8.05. The lowest BCUT2D eigenvalue weighted by atomic mass is 10.1. The van der Waals surface area contributed by atoms with Gasteiger partial charge in [0.05, 0.1) is 4.83 Å². The molecule has 102 valence electrons. The maximum atomic E-state index is 11.7. The molecular weight excluding hydrogens is 280 g/mol. The Morgan fingerprint density at radius 3 is 1.94 bits per heavy atom. The summed E-state index contributed by atoms with van der Waals surface area (Å²) in [7, 11) is 0. The molecule has 0 aliphatic heterocycles. The Morgan fingerprint density at radius 1 is 1.12 bits per heavy atom. The summed E-state index contributed by atoms with van der Waals surface area (Å²) >= 11 is 3.41. The number of halogens is 1. The van der Waals surface area contributed by atoms with Crippen molar-refractivity contribution in [2.45, 2.75) is 58.5 Å². The molecule has 0 aromatic carbocycles. The summed E-state index contributed by atoms with van der Waals surface area (Å²) in [5, 5.41) is 2.98. The van der Waals surface area contributed by atoms with E-state index in [1.165, 1.54) is 0 Å². The topological polar surface area (TPSA) is 32.3 Å². The Morgan fingerprint density at radius 2 is 1.59 bits per heavy atom. The van der Waals surface area contributed by atoms with Gasteiger partial charge in [-0.15, -0.1) is 0 Å². The van der Waals surface area contributed by atoms with Gasteiger partial charge in [0.1, 0.15) is 0 Å². The molecular formula is C13H27BrN2O. The minimum atomic E-state index is -0.0888.